The van der Waals surface area contributed by atoms with E-state index in [1.54, 1.807) is 13.0 Å². The molecule has 2 N–H and O–H groups in total. The minimum Gasteiger partial charge on any atom is -0.389 e. The van der Waals surface area contributed by atoms with E-state index < -0.39 is 22.0 Å². The number of allylic oxidation sites excluding steroid dienone is 1. The monoisotopic (exact) mass is 180 g/mol. The summed E-state index contributed by atoms with van der Waals surface area (Å²) in [5, 5.41) is 8.95. The van der Waals surface area contributed by atoms with Gasteiger partial charge < -0.3 is 5.11 Å². The first-order chi connectivity index (χ1) is 4.95. The lowest BCUT2D eigenvalue weighted by atomic mass is 10.2. The summed E-state index contributed by atoms with van der Waals surface area (Å²) in [5.41, 5.74) is 0. The van der Waals surface area contributed by atoms with Crippen molar-refractivity contribution >= 4 is 10.1 Å². The third-order valence-corrected chi connectivity index (χ3v) is 1.84. The van der Waals surface area contributed by atoms with E-state index in [1.807, 2.05) is 0 Å². The van der Waals surface area contributed by atoms with Crippen LogP contribution in [0.3, 0.4) is 0 Å². The molecule has 0 aliphatic heterocycles. The van der Waals surface area contributed by atoms with Gasteiger partial charge in [-0.3, -0.25) is 4.55 Å². The summed E-state index contributed by atoms with van der Waals surface area (Å²) in [4.78, 5) is 0. The fourth-order valence-electron chi connectivity index (χ4n) is 0.588. The maximum Gasteiger partial charge on any atom is 0.264 e. The summed E-state index contributed by atoms with van der Waals surface area (Å²) < 4.78 is 28.6. The highest BCUT2D eigenvalue weighted by atomic mass is 32.2. The summed E-state index contributed by atoms with van der Waals surface area (Å²) in [7, 11) is -3.93. The molecule has 0 heterocycles. The molecule has 0 aromatic rings. The molecule has 0 amide bonds. The summed E-state index contributed by atoms with van der Waals surface area (Å²) >= 11 is 0. The van der Waals surface area contributed by atoms with Crippen LogP contribution < -0.4 is 0 Å². The Morgan fingerprint density at radius 3 is 2.45 bits per heavy atom. The number of hydrogen-bond donors (Lipinski definition) is 2. The van der Waals surface area contributed by atoms with Crippen molar-refractivity contribution in [3.8, 4) is 0 Å². The lowest BCUT2D eigenvalue weighted by Gasteiger charge is -2.01. The molecule has 0 aromatic carbocycles. The maximum atomic E-state index is 10.2. The van der Waals surface area contributed by atoms with Gasteiger partial charge in [-0.2, -0.15) is 8.42 Å². The van der Waals surface area contributed by atoms with Crippen molar-refractivity contribution in [2.75, 3.05) is 5.75 Å². The average molecular weight is 180 g/mol. The van der Waals surface area contributed by atoms with Crippen LogP contribution in [0, 0.1) is 0 Å². The van der Waals surface area contributed by atoms with Gasteiger partial charge in [-0.05, 0) is 13.3 Å². The number of aliphatic hydroxyl groups excluding tert-OH is 1. The third kappa shape index (κ3) is 7.51. The van der Waals surface area contributed by atoms with Gasteiger partial charge in [0, 0.05) is 0 Å². The van der Waals surface area contributed by atoms with Gasteiger partial charge in [0.1, 0.15) is 0 Å². The van der Waals surface area contributed by atoms with E-state index >= 15 is 0 Å². The molecule has 0 fully saturated rings. The van der Waals surface area contributed by atoms with Crippen LogP contribution in [-0.2, 0) is 10.1 Å². The minimum atomic E-state index is -3.93. The second-order valence-corrected chi connectivity index (χ2v) is 3.74. The molecule has 0 aliphatic rings. The zero-order valence-corrected chi connectivity index (χ0v) is 7.08. The fourth-order valence-corrected chi connectivity index (χ4v) is 1.13. The Hall–Kier alpha value is -0.390. The highest BCUT2D eigenvalue weighted by molar-refractivity contribution is 7.85. The van der Waals surface area contributed by atoms with Gasteiger partial charge in [-0.25, -0.2) is 0 Å². The molecule has 0 aliphatic carbocycles. The standard InChI is InChI=1S/C6H12O4S/c1-2-3-6(7)4-5-11(8,9)10/h2-3,6-7H,4-5H2,1H3,(H,8,9,10). The van der Waals surface area contributed by atoms with Crippen LogP contribution >= 0.6 is 0 Å². The average Bonchev–Trinajstić information content (AvgIpc) is 1.83. The van der Waals surface area contributed by atoms with Gasteiger partial charge in [-0.1, -0.05) is 12.2 Å². The fraction of sp³-hybridized carbons (Fsp3) is 0.667. The summed E-state index contributed by atoms with van der Waals surface area (Å²) in [6, 6.07) is 0. The van der Waals surface area contributed by atoms with Gasteiger partial charge in [0.05, 0.1) is 11.9 Å². The van der Waals surface area contributed by atoms with Crippen LogP contribution in [0.2, 0.25) is 0 Å². The quantitative estimate of drug-likeness (QED) is 0.479. The normalized spacial score (nSPS) is 15.5. The molecular formula is C6H12O4S. The number of rotatable bonds is 4. The van der Waals surface area contributed by atoms with Crippen molar-refractivity contribution in [2.24, 2.45) is 0 Å². The van der Waals surface area contributed by atoms with Crippen molar-refractivity contribution in [1.82, 2.24) is 0 Å². The predicted molar refractivity (Wildman–Crippen MR) is 41.9 cm³/mol. The maximum absolute atomic E-state index is 10.2. The molecule has 5 heteroatoms. The molecule has 0 saturated heterocycles. The van der Waals surface area contributed by atoms with Crippen LogP contribution in [0.5, 0.6) is 0 Å². The number of hydrogen-bond acceptors (Lipinski definition) is 3. The molecule has 4 nitrogen and oxygen atoms in total. The second-order valence-electron chi connectivity index (χ2n) is 2.17. The number of aliphatic hydroxyl groups is 1. The van der Waals surface area contributed by atoms with E-state index in [1.165, 1.54) is 6.08 Å². The smallest absolute Gasteiger partial charge is 0.264 e. The van der Waals surface area contributed by atoms with Gasteiger partial charge >= 0.3 is 0 Å². The van der Waals surface area contributed by atoms with Crippen molar-refractivity contribution in [1.29, 1.82) is 0 Å². The molecule has 11 heavy (non-hydrogen) atoms. The van der Waals surface area contributed by atoms with Crippen LogP contribution in [-0.4, -0.2) is 29.9 Å². The van der Waals surface area contributed by atoms with E-state index in [-0.39, 0.29) is 6.42 Å². The Morgan fingerprint density at radius 2 is 2.09 bits per heavy atom. The molecule has 0 aromatic heterocycles. The molecular weight excluding hydrogens is 168 g/mol. The first-order valence-corrected chi connectivity index (χ1v) is 4.82. The van der Waals surface area contributed by atoms with E-state index in [0.29, 0.717) is 0 Å². The topological polar surface area (TPSA) is 74.6 Å². The third-order valence-electron chi connectivity index (χ3n) is 1.09. The van der Waals surface area contributed by atoms with E-state index in [0.717, 1.165) is 0 Å². The van der Waals surface area contributed by atoms with Crippen LogP contribution in [0.25, 0.3) is 0 Å². The Balaban J connectivity index is 3.72. The first-order valence-electron chi connectivity index (χ1n) is 3.22. The molecule has 1 atom stereocenters. The van der Waals surface area contributed by atoms with Crippen LogP contribution in [0.15, 0.2) is 12.2 Å². The lowest BCUT2D eigenvalue weighted by Crippen LogP contribution is -2.11. The highest BCUT2D eigenvalue weighted by Crippen LogP contribution is 1.96. The second kappa shape index (κ2) is 4.48. The van der Waals surface area contributed by atoms with E-state index in [9.17, 15) is 8.42 Å². The molecule has 0 spiro atoms. The lowest BCUT2D eigenvalue weighted by molar-refractivity contribution is 0.218. The SMILES string of the molecule is CC=CC(O)CCS(=O)(=O)O. The molecule has 0 saturated carbocycles. The first kappa shape index (κ1) is 10.6. The Bertz CT molecular complexity index is 217. The van der Waals surface area contributed by atoms with Crippen molar-refractivity contribution < 1.29 is 18.1 Å². The van der Waals surface area contributed by atoms with Gasteiger partial charge in [0.15, 0.2) is 0 Å². The highest BCUT2D eigenvalue weighted by Gasteiger charge is 2.07. The Kier molecular flexibility index (Phi) is 4.32. The zero-order valence-electron chi connectivity index (χ0n) is 6.27. The molecule has 0 radical (unpaired) electrons. The van der Waals surface area contributed by atoms with Crippen molar-refractivity contribution in [3.63, 3.8) is 0 Å². The molecule has 1 unspecified atom stereocenters. The molecule has 66 valence electrons. The Morgan fingerprint density at radius 1 is 1.55 bits per heavy atom. The van der Waals surface area contributed by atoms with Crippen LogP contribution in [0.4, 0.5) is 0 Å². The van der Waals surface area contributed by atoms with Gasteiger partial charge in [0.25, 0.3) is 10.1 Å². The summed E-state index contributed by atoms with van der Waals surface area (Å²) in [6.45, 7) is 1.72. The Labute approximate surface area is 66.3 Å². The molecule has 0 rings (SSSR count). The van der Waals surface area contributed by atoms with Gasteiger partial charge in [0.2, 0.25) is 0 Å². The van der Waals surface area contributed by atoms with Crippen molar-refractivity contribution in [3.05, 3.63) is 12.2 Å². The molecule has 0 bridgehead atoms. The van der Waals surface area contributed by atoms with Crippen molar-refractivity contribution in [2.45, 2.75) is 19.4 Å². The largest absolute Gasteiger partial charge is 0.389 e. The predicted octanol–water partition coefficient (Wildman–Crippen LogP) is 0.201. The summed E-state index contributed by atoms with van der Waals surface area (Å²) in [5.74, 6) is -0.404. The summed E-state index contributed by atoms with van der Waals surface area (Å²) in [6.07, 6.45) is 2.32. The minimum absolute atomic E-state index is 0.0309. The zero-order chi connectivity index (χ0) is 8.91. The van der Waals surface area contributed by atoms with Crippen LogP contribution in [0.1, 0.15) is 13.3 Å². The van der Waals surface area contributed by atoms with E-state index in [4.69, 9.17) is 9.66 Å². The van der Waals surface area contributed by atoms with E-state index in [2.05, 4.69) is 0 Å². The van der Waals surface area contributed by atoms with Gasteiger partial charge in [-0.15, -0.1) is 0 Å².